The molecule has 0 saturated heterocycles. The van der Waals surface area contributed by atoms with Gasteiger partial charge in [-0.1, -0.05) is 77.3 Å². The number of carbonyl (C=O) groups is 4. The highest BCUT2D eigenvalue weighted by Gasteiger charge is 2.31. The fourth-order valence-corrected chi connectivity index (χ4v) is 3.66. The number of aliphatic carboxylic acids is 1. The minimum absolute atomic E-state index is 0.0619. The van der Waals surface area contributed by atoms with Crippen LogP contribution in [-0.2, 0) is 30.3 Å². The van der Waals surface area contributed by atoms with Crippen molar-refractivity contribution in [1.29, 1.82) is 0 Å². The second-order valence-electron chi connectivity index (χ2n) is 9.59. The van der Waals surface area contributed by atoms with Crippen LogP contribution in [0.5, 0.6) is 0 Å². The Bertz CT molecular complexity index is 847. The first-order valence-corrected chi connectivity index (χ1v) is 12.8. The predicted molar refractivity (Wildman–Crippen MR) is 138 cm³/mol. The van der Waals surface area contributed by atoms with Gasteiger partial charge in [-0.3, -0.25) is 19.2 Å². The van der Waals surface area contributed by atoms with Gasteiger partial charge in [-0.05, 0) is 30.7 Å². The van der Waals surface area contributed by atoms with Gasteiger partial charge in [0.1, 0.15) is 24.2 Å². The van der Waals surface area contributed by atoms with Gasteiger partial charge in [0.15, 0.2) is 0 Å². The third-order valence-electron chi connectivity index (χ3n) is 6.49. The normalized spacial score (nSPS) is 16.1. The molecule has 0 aliphatic carbocycles. The van der Waals surface area contributed by atoms with E-state index in [0.29, 0.717) is 0 Å². The molecule has 0 aromatic heterocycles. The second kappa shape index (κ2) is 15.9. The number of amides is 2. The first-order chi connectivity index (χ1) is 17.0. The van der Waals surface area contributed by atoms with Crippen LogP contribution in [0.15, 0.2) is 30.3 Å². The van der Waals surface area contributed by atoms with Crippen molar-refractivity contribution in [2.45, 2.75) is 97.4 Å². The molecule has 5 N–H and O–H groups in total. The lowest BCUT2D eigenvalue weighted by Crippen LogP contribution is -2.52. The highest BCUT2D eigenvalue weighted by atomic mass is 16.5. The van der Waals surface area contributed by atoms with Gasteiger partial charge in [-0.15, -0.1) is 0 Å². The lowest BCUT2D eigenvalue weighted by molar-refractivity contribution is -0.156. The summed E-state index contributed by atoms with van der Waals surface area (Å²) >= 11 is 0. The minimum atomic E-state index is -1.18. The van der Waals surface area contributed by atoms with Crippen molar-refractivity contribution in [2.75, 3.05) is 0 Å². The summed E-state index contributed by atoms with van der Waals surface area (Å²) in [5.41, 5.74) is 6.86. The number of nitrogens with two attached hydrogens (primary N) is 1. The summed E-state index contributed by atoms with van der Waals surface area (Å²) in [6, 6.07) is 6.22. The van der Waals surface area contributed by atoms with E-state index in [0.717, 1.165) is 31.2 Å². The highest BCUT2D eigenvalue weighted by Crippen LogP contribution is 2.20. The monoisotopic (exact) mass is 505 g/mol. The Labute approximate surface area is 214 Å². The van der Waals surface area contributed by atoms with Crippen LogP contribution >= 0.6 is 0 Å². The maximum absolute atomic E-state index is 13.1. The Morgan fingerprint density at radius 1 is 1.00 bits per heavy atom. The van der Waals surface area contributed by atoms with Gasteiger partial charge in [0, 0.05) is 6.42 Å². The van der Waals surface area contributed by atoms with Crippen LogP contribution in [0.4, 0.5) is 0 Å². The van der Waals surface area contributed by atoms with Crippen LogP contribution in [0.2, 0.25) is 0 Å². The quantitative estimate of drug-likeness (QED) is 0.253. The van der Waals surface area contributed by atoms with E-state index in [9.17, 15) is 19.2 Å². The van der Waals surface area contributed by atoms with Gasteiger partial charge >= 0.3 is 11.9 Å². The molecule has 1 aromatic carbocycles. The number of benzene rings is 1. The average molecular weight is 506 g/mol. The molecule has 36 heavy (non-hydrogen) atoms. The predicted octanol–water partition coefficient (Wildman–Crippen LogP) is 2.80. The molecule has 0 bridgehead atoms. The number of esters is 1. The summed E-state index contributed by atoms with van der Waals surface area (Å²) in [5.74, 6) is -2.94. The fourth-order valence-electron chi connectivity index (χ4n) is 3.66. The van der Waals surface area contributed by atoms with E-state index in [1.807, 2.05) is 51.1 Å². The van der Waals surface area contributed by atoms with Crippen LogP contribution in [0, 0.1) is 11.8 Å². The zero-order valence-electron chi connectivity index (χ0n) is 22.2. The molecule has 0 unspecified atom stereocenters. The molecule has 0 saturated carbocycles. The third kappa shape index (κ3) is 10.8. The number of hydrogen-bond donors (Lipinski definition) is 4. The zero-order valence-corrected chi connectivity index (χ0v) is 22.2. The summed E-state index contributed by atoms with van der Waals surface area (Å²) in [6.07, 6.45) is 2.72. The summed E-state index contributed by atoms with van der Waals surface area (Å²) in [5, 5.41) is 14.3. The lowest BCUT2D eigenvalue weighted by Gasteiger charge is -2.27. The summed E-state index contributed by atoms with van der Waals surface area (Å²) in [6.45, 7) is 9.16. The topological polar surface area (TPSA) is 148 Å². The van der Waals surface area contributed by atoms with Crippen molar-refractivity contribution in [3.8, 4) is 0 Å². The van der Waals surface area contributed by atoms with E-state index >= 15 is 0 Å². The number of carbonyl (C=O) groups excluding carboxylic acids is 3. The molecule has 0 aliphatic rings. The average Bonchev–Trinajstić information content (AvgIpc) is 2.85. The summed E-state index contributed by atoms with van der Waals surface area (Å²) < 4.78 is 5.72. The number of carboxylic acids is 1. The maximum atomic E-state index is 13.1. The van der Waals surface area contributed by atoms with Crippen molar-refractivity contribution in [3.05, 3.63) is 35.9 Å². The Hall–Kier alpha value is -2.94. The van der Waals surface area contributed by atoms with Crippen molar-refractivity contribution < 1.29 is 29.0 Å². The standard InChI is InChI=1S/C27H43N3O6/c1-6-8-12-18(4)22(36-27(35)24(28)17(3)7-2)16-23(31)30-21(15-20-13-10-9-11-14-20)25(32)29-19(5)26(33)34/h9-11,13-14,17-19,21-22,24H,6-8,12,15-16,28H2,1-5H3,(H,29,32)(H,30,31)(H,33,34)/t17-,18-,19+,21+,22-,24+/m0/s1. The minimum Gasteiger partial charge on any atom is -0.480 e. The molecule has 0 heterocycles. The highest BCUT2D eigenvalue weighted by molar-refractivity contribution is 5.90. The molecule has 1 rings (SSSR count). The first-order valence-electron chi connectivity index (χ1n) is 12.8. The lowest BCUT2D eigenvalue weighted by atomic mass is 9.94. The van der Waals surface area contributed by atoms with Crippen LogP contribution in [-0.4, -0.2) is 53.1 Å². The molecule has 2 amide bonds. The van der Waals surface area contributed by atoms with E-state index < -0.39 is 48.0 Å². The van der Waals surface area contributed by atoms with Gasteiger partial charge in [-0.2, -0.15) is 0 Å². The Morgan fingerprint density at radius 2 is 1.64 bits per heavy atom. The molecule has 0 fully saturated rings. The van der Waals surface area contributed by atoms with E-state index in [1.165, 1.54) is 6.92 Å². The van der Waals surface area contributed by atoms with Crippen molar-refractivity contribution >= 4 is 23.8 Å². The molecular formula is C27H43N3O6. The largest absolute Gasteiger partial charge is 0.480 e. The number of carboxylic acid groups (broad SMARTS) is 1. The van der Waals surface area contributed by atoms with Gasteiger partial charge in [-0.25, -0.2) is 0 Å². The van der Waals surface area contributed by atoms with Crippen molar-refractivity contribution in [2.24, 2.45) is 17.6 Å². The van der Waals surface area contributed by atoms with Crippen LogP contribution in [0.3, 0.4) is 0 Å². The van der Waals surface area contributed by atoms with E-state index in [4.69, 9.17) is 15.6 Å². The first kappa shape index (κ1) is 31.1. The summed E-state index contributed by atoms with van der Waals surface area (Å²) in [4.78, 5) is 49.8. The Kier molecular flexibility index (Phi) is 13.8. The van der Waals surface area contributed by atoms with Gasteiger partial charge < -0.3 is 26.2 Å². The van der Waals surface area contributed by atoms with Gasteiger partial charge in [0.05, 0.1) is 6.42 Å². The number of ether oxygens (including phenoxy) is 1. The van der Waals surface area contributed by atoms with Gasteiger partial charge in [0.25, 0.3) is 0 Å². The molecule has 9 nitrogen and oxygen atoms in total. The molecule has 202 valence electrons. The Balaban J connectivity index is 3.02. The molecule has 0 radical (unpaired) electrons. The third-order valence-corrected chi connectivity index (χ3v) is 6.49. The van der Waals surface area contributed by atoms with Crippen molar-refractivity contribution in [3.63, 3.8) is 0 Å². The fraction of sp³-hybridized carbons (Fsp3) is 0.630. The maximum Gasteiger partial charge on any atom is 0.325 e. The van der Waals surface area contributed by atoms with Crippen LogP contribution < -0.4 is 16.4 Å². The van der Waals surface area contributed by atoms with E-state index in [-0.39, 0.29) is 24.7 Å². The van der Waals surface area contributed by atoms with Crippen LogP contribution in [0.1, 0.15) is 72.3 Å². The molecule has 9 heteroatoms. The Morgan fingerprint density at radius 3 is 2.19 bits per heavy atom. The van der Waals surface area contributed by atoms with Crippen molar-refractivity contribution in [1.82, 2.24) is 10.6 Å². The zero-order chi connectivity index (χ0) is 27.3. The molecule has 6 atom stereocenters. The number of nitrogens with one attached hydrogen (secondary N) is 2. The molecule has 0 aliphatic heterocycles. The van der Waals surface area contributed by atoms with E-state index in [2.05, 4.69) is 17.6 Å². The number of hydrogen-bond acceptors (Lipinski definition) is 6. The molecule has 1 aromatic rings. The SMILES string of the molecule is CCCC[C@H](C)[C@H](CC(=O)N[C@H](Cc1ccccc1)C(=O)N[C@H](C)C(=O)O)OC(=O)[C@H](N)[C@@H](C)CC. The van der Waals surface area contributed by atoms with Crippen LogP contribution in [0.25, 0.3) is 0 Å². The summed E-state index contributed by atoms with van der Waals surface area (Å²) in [7, 11) is 0. The number of rotatable bonds is 16. The smallest absolute Gasteiger partial charge is 0.325 e. The van der Waals surface area contributed by atoms with E-state index in [1.54, 1.807) is 0 Å². The second-order valence-corrected chi connectivity index (χ2v) is 9.59. The molecular weight excluding hydrogens is 462 g/mol. The van der Waals surface area contributed by atoms with Gasteiger partial charge in [0.2, 0.25) is 11.8 Å². The molecule has 0 spiro atoms. The number of unbranched alkanes of at least 4 members (excludes halogenated alkanes) is 1.